The monoisotopic (exact) mass is 313 g/mol. The molecule has 0 aliphatic carbocycles. The fraction of sp³-hybridized carbons (Fsp3) is 0.167. The molecule has 3 rings (SSSR count). The Morgan fingerprint density at radius 2 is 1.91 bits per heavy atom. The highest BCUT2D eigenvalue weighted by Gasteiger charge is 2.15. The Bertz CT molecular complexity index is 834. The number of halogens is 1. The lowest BCUT2D eigenvalue weighted by Crippen LogP contribution is -2.06. The van der Waals surface area contributed by atoms with Gasteiger partial charge in [0.2, 0.25) is 0 Å². The largest absolute Gasteiger partial charge is 0.465 e. The number of rotatable bonds is 3. The minimum atomic E-state index is -0.318. The number of aromatic nitrogens is 1. The summed E-state index contributed by atoms with van der Waals surface area (Å²) < 4.78 is 6.99. The first kappa shape index (κ1) is 14.7. The van der Waals surface area contributed by atoms with Crippen LogP contribution in [0.15, 0.2) is 48.7 Å². The zero-order valence-corrected chi connectivity index (χ0v) is 13.2. The fourth-order valence-electron chi connectivity index (χ4n) is 2.72. The third-order valence-electron chi connectivity index (χ3n) is 3.77. The standard InChI is InChI=1S/C18H16ClNO2/c1-12-10-20(11-13-6-8-14(19)9-7-13)17-15(12)4-3-5-16(17)18(21)22-2/h3-10H,11H2,1-2H3. The molecule has 4 heteroatoms. The first-order valence-corrected chi connectivity index (χ1v) is 7.39. The molecule has 2 aromatic carbocycles. The van der Waals surface area contributed by atoms with E-state index in [0.29, 0.717) is 17.1 Å². The number of aryl methyl sites for hydroxylation is 1. The van der Waals surface area contributed by atoms with Crippen LogP contribution in [-0.2, 0) is 11.3 Å². The molecular weight excluding hydrogens is 298 g/mol. The van der Waals surface area contributed by atoms with Crippen molar-refractivity contribution in [3.05, 3.63) is 70.4 Å². The van der Waals surface area contributed by atoms with E-state index in [9.17, 15) is 4.79 Å². The van der Waals surface area contributed by atoms with Crippen molar-refractivity contribution in [1.82, 2.24) is 4.57 Å². The van der Waals surface area contributed by atoms with Crippen molar-refractivity contribution in [2.24, 2.45) is 0 Å². The summed E-state index contributed by atoms with van der Waals surface area (Å²) in [6.07, 6.45) is 2.06. The Balaban J connectivity index is 2.13. The Morgan fingerprint density at radius 1 is 1.18 bits per heavy atom. The number of nitrogens with zero attached hydrogens (tertiary/aromatic N) is 1. The van der Waals surface area contributed by atoms with Crippen LogP contribution in [0.25, 0.3) is 10.9 Å². The van der Waals surface area contributed by atoms with Gasteiger partial charge in [-0.3, -0.25) is 0 Å². The van der Waals surface area contributed by atoms with Crippen molar-refractivity contribution >= 4 is 28.5 Å². The van der Waals surface area contributed by atoms with Gasteiger partial charge in [-0.2, -0.15) is 0 Å². The van der Waals surface area contributed by atoms with Crippen LogP contribution >= 0.6 is 11.6 Å². The molecule has 0 saturated heterocycles. The Morgan fingerprint density at radius 3 is 2.59 bits per heavy atom. The van der Waals surface area contributed by atoms with Gasteiger partial charge in [-0.1, -0.05) is 35.9 Å². The zero-order valence-electron chi connectivity index (χ0n) is 12.5. The van der Waals surface area contributed by atoms with Crippen molar-refractivity contribution in [3.8, 4) is 0 Å². The minimum absolute atomic E-state index is 0.318. The summed E-state index contributed by atoms with van der Waals surface area (Å²) in [5.41, 5.74) is 3.75. The van der Waals surface area contributed by atoms with Crippen molar-refractivity contribution in [2.45, 2.75) is 13.5 Å². The average Bonchev–Trinajstić information content (AvgIpc) is 2.85. The van der Waals surface area contributed by atoms with Gasteiger partial charge in [0.15, 0.2) is 0 Å². The van der Waals surface area contributed by atoms with Gasteiger partial charge in [-0.25, -0.2) is 4.79 Å². The normalized spacial score (nSPS) is 10.9. The zero-order chi connectivity index (χ0) is 15.7. The number of esters is 1. The molecule has 0 spiro atoms. The molecule has 112 valence electrons. The molecule has 3 aromatic rings. The molecule has 3 nitrogen and oxygen atoms in total. The van der Waals surface area contributed by atoms with Crippen LogP contribution in [-0.4, -0.2) is 17.6 Å². The van der Waals surface area contributed by atoms with Gasteiger partial charge < -0.3 is 9.30 Å². The SMILES string of the molecule is COC(=O)c1cccc2c(C)cn(Cc3ccc(Cl)cc3)c12. The van der Waals surface area contributed by atoms with Gasteiger partial charge in [0.05, 0.1) is 18.2 Å². The Kier molecular flexibility index (Phi) is 3.90. The lowest BCUT2D eigenvalue weighted by molar-refractivity contribution is 0.0602. The van der Waals surface area contributed by atoms with E-state index in [2.05, 4.69) is 10.8 Å². The minimum Gasteiger partial charge on any atom is -0.465 e. The molecule has 0 aliphatic rings. The maximum atomic E-state index is 12.0. The maximum absolute atomic E-state index is 12.0. The van der Waals surface area contributed by atoms with Gasteiger partial charge in [0.25, 0.3) is 0 Å². The highest BCUT2D eigenvalue weighted by Crippen LogP contribution is 2.26. The summed E-state index contributed by atoms with van der Waals surface area (Å²) in [7, 11) is 1.40. The number of carbonyl (C=O) groups is 1. The topological polar surface area (TPSA) is 31.2 Å². The summed E-state index contributed by atoms with van der Waals surface area (Å²) in [6.45, 7) is 2.72. The van der Waals surface area contributed by atoms with Crippen LogP contribution in [0.1, 0.15) is 21.5 Å². The van der Waals surface area contributed by atoms with E-state index < -0.39 is 0 Å². The molecule has 0 aliphatic heterocycles. The van der Waals surface area contributed by atoms with Crippen LogP contribution in [0, 0.1) is 6.92 Å². The molecule has 1 aromatic heterocycles. The number of fused-ring (bicyclic) bond motifs is 1. The lowest BCUT2D eigenvalue weighted by Gasteiger charge is -2.09. The third kappa shape index (κ3) is 2.60. The Labute approximate surface area is 134 Å². The number of para-hydroxylation sites is 1. The number of hydrogen-bond acceptors (Lipinski definition) is 2. The summed E-state index contributed by atoms with van der Waals surface area (Å²) in [5.74, 6) is -0.318. The van der Waals surface area contributed by atoms with Crippen molar-refractivity contribution in [2.75, 3.05) is 7.11 Å². The van der Waals surface area contributed by atoms with Crippen LogP contribution in [0.2, 0.25) is 5.02 Å². The van der Waals surface area contributed by atoms with Crippen molar-refractivity contribution in [3.63, 3.8) is 0 Å². The van der Waals surface area contributed by atoms with Gasteiger partial charge in [-0.15, -0.1) is 0 Å². The smallest absolute Gasteiger partial charge is 0.340 e. The molecule has 0 fully saturated rings. The fourth-order valence-corrected chi connectivity index (χ4v) is 2.85. The molecule has 22 heavy (non-hydrogen) atoms. The number of methoxy groups -OCH3 is 1. The lowest BCUT2D eigenvalue weighted by atomic mass is 10.1. The van der Waals surface area contributed by atoms with Gasteiger partial charge in [0, 0.05) is 23.2 Å². The highest BCUT2D eigenvalue weighted by molar-refractivity contribution is 6.30. The molecule has 0 radical (unpaired) electrons. The summed E-state index contributed by atoms with van der Waals surface area (Å²) >= 11 is 5.93. The quantitative estimate of drug-likeness (QED) is 0.669. The summed E-state index contributed by atoms with van der Waals surface area (Å²) in [4.78, 5) is 12.0. The molecule has 0 atom stereocenters. The average molecular weight is 314 g/mol. The Hall–Kier alpha value is -2.26. The number of carbonyl (C=O) groups excluding carboxylic acids is 1. The first-order chi connectivity index (χ1) is 10.6. The van der Waals surface area contributed by atoms with E-state index >= 15 is 0 Å². The van der Waals surface area contributed by atoms with E-state index in [-0.39, 0.29) is 5.97 Å². The van der Waals surface area contributed by atoms with E-state index in [0.717, 1.165) is 22.0 Å². The summed E-state index contributed by atoms with van der Waals surface area (Å²) in [6, 6.07) is 13.4. The first-order valence-electron chi connectivity index (χ1n) is 7.01. The number of ether oxygens (including phenoxy) is 1. The number of benzene rings is 2. The molecule has 0 amide bonds. The molecule has 0 bridgehead atoms. The second kappa shape index (κ2) is 5.85. The summed E-state index contributed by atoms with van der Waals surface area (Å²) in [5, 5.41) is 1.78. The van der Waals surface area contributed by atoms with E-state index in [1.165, 1.54) is 7.11 Å². The highest BCUT2D eigenvalue weighted by atomic mass is 35.5. The van der Waals surface area contributed by atoms with Crippen LogP contribution < -0.4 is 0 Å². The predicted octanol–water partition coefficient (Wildman–Crippen LogP) is 4.44. The van der Waals surface area contributed by atoms with Gasteiger partial charge in [0.1, 0.15) is 0 Å². The maximum Gasteiger partial charge on any atom is 0.340 e. The molecule has 0 saturated carbocycles. The van der Waals surface area contributed by atoms with Crippen LogP contribution in [0.4, 0.5) is 0 Å². The molecule has 0 unspecified atom stereocenters. The third-order valence-corrected chi connectivity index (χ3v) is 4.02. The van der Waals surface area contributed by atoms with E-state index in [1.54, 1.807) is 6.07 Å². The van der Waals surface area contributed by atoms with Crippen molar-refractivity contribution < 1.29 is 9.53 Å². The van der Waals surface area contributed by atoms with Crippen LogP contribution in [0.5, 0.6) is 0 Å². The van der Waals surface area contributed by atoms with Gasteiger partial charge >= 0.3 is 5.97 Å². The molecule has 0 N–H and O–H groups in total. The second-order valence-electron chi connectivity index (χ2n) is 5.26. The van der Waals surface area contributed by atoms with E-state index in [1.807, 2.05) is 43.3 Å². The van der Waals surface area contributed by atoms with Gasteiger partial charge in [-0.05, 0) is 36.2 Å². The second-order valence-corrected chi connectivity index (χ2v) is 5.70. The molecular formula is C18H16ClNO2. The molecule has 1 heterocycles. The van der Waals surface area contributed by atoms with Crippen molar-refractivity contribution in [1.29, 1.82) is 0 Å². The number of hydrogen-bond donors (Lipinski definition) is 0. The van der Waals surface area contributed by atoms with E-state index in [4.69, 9.17) is 16.3 Å². The predicted molar refractivity (Wildman–Crippen MR) is 88.6 cm³/mol. The van der Waals surface area contributed by atoms with Crippen LogP contribution in [0.3, 0.4) is 0 Å².